The van der Waals surface area contributed by atoms with Crippen LogP contribution in [-0.4, -0.2) is 30.2 Å². The van der Waals surface area contributed by atoms with Gasteiger partial charge in [-0.25, -0.2) is 4.98 Å². The Morgan fingerprint density at radius 2 is 2.12 bits per heavy atom. The largest absolute Gasteiger partial charge is 0.436 e. The molecule has 0 saturated carbocycles. The van der Waals surface area contributed by atoms with E-state index in [0.29, 0.717) is 34.7 Å². The molecule has 0 saturated heterocycles. The Bertz CT molecular complexity index is 932. The molecular weight excluding hydrogens is 328 g/mol. The van der Waals surface area contributed by atoms with Crippen LogP contribution in [-0.2, 0) is 0 Å². The third kappa shape index (κ3) is 3.74. The van der Waals surface area contributed by atoms with Crippen LogP contribution in [0.15, 0.2) is 51.9 Å². The Labute approximate surface area is 152 Å². The van der Waals surface area contributed by atoms with Gasteiger partial charge in [0.05, 0.1) is 5.56 Å². The number of nitrogen functional groups attached to an aromatic ring is 1. The average molecular weight is 350 g/mol. The molecule has 26 heavy (non-hydrogen) atoms. The summed E-state index contributed by atoms with van der Waals surface area (Å²) in [7, 11) is 1.72. The molecule has 0 aliphatic heterocycles. The topological polar surface area (TPSA) is 93.5 Å². The average Bonchev–Trinajstić information content (AvgIpc) is 3.08. The number of benzene rings is 2. The highest BCUT2D eigenvalue weighted by atomic mass is 16.3. The number of nitrogens with zero attached hydrogens (tertiary/aromatic N) is 2. The van der Waals surface area contributed by atoms with Gasteiger partial charge in [-0.15, -0.1) is 0 Å². The van der Waals surface area contributed by atoms with Gasteiger partial charge in [-0.2, -0.15) is 0 Å². The lowest BCUT2D eigenvalue weighted by Crippen LogP contribution is -2.34. The van der Waals surface area contributed by atoms with E-state index in [0.717, 1.165) is 12.0 Å². The number of nitrogens with one attached hydrogen (secondary N) is 1. The molecule has 6 heteroatoms. The molecule has 0 fully saturated rings. The lowest BCUT2D eigenvalue weighted by Gasteiger charge is -2.15. The molecule has 1 aromatic heterocycles. The Hall–Kier alpha value is -3.15. The molecule has 1 amide bonds. The molecule has 0 radical (unpaired) electrons. The Morgan fingerprint density at radius 1 is 1.35 bits per heavy atom. The maximum Gasteiger partial charge on any atom is 0.253 e. The highest BCUT2D eigenvalue weighted by Crippen LogP contribution is 2.28. The van der Waals surface area contributed by atoms with Crippen molar-refractivity contribution in [2.24, 2.45) is 4.99 Å². The molecule has 3 rings (SSSR count). The maximum atomic E-state index is 12.8. The van der Waals surface area contributed by atoms with E-state index >= 15 is 0 Å². The van der Waals surface area contributed by atoms with Crippen LogP contribution in [0.3, 0.4) is 0 Å². The number of carbonyl (C=O) groups is 1. The van der Waals surface area contributed by atoms with Crippen LogP contribution < -0.4 is 11.1 Å². The summed E-state index contributed by atoms with van der Waals surface area (Å²) in [5.74, 6) is 0.247. The first kappa shape index (κ1) is 17.7. The first-order chi connectivity index (χ1) is 12.6. The third-order valence-corrected chi connectivity index (χ3v) is 4.18. The van der Waals surface area contributed by atoms with E-state index in [4.69, 9.17) is 10.2 Å². The van der Waals surface area contributed by atoms with Gasteiger partial charge < -0.3 is 20.5 Å². The molecule has 1 atom stereocenters. The number of nitrogens with two attached hydrogens (primary N) is 1. The minimum absolute atomic E-state index is 0.00294. The molecule has 6 nitrogen and oxygen atoms in total. The summed E-state index contributed by atoms with van der Waals surface area (Å²) in [5.41, 5.74) is 8.69. The van der Waals surface area contributed by atoms with Crippen LogP contribution in [0.4, 0.5) is 5.69 Å². The quantitative estimate of drug-likeness (QED) is 0.524. The fourth-order valence-electron chi connectivity index (χ4n) is 2.75. The summed E-state index contributed by atoms with van der Waals surface area (Å²) in [5, 5.41) is 3.02. The fourth-order valence-corrected chi connectivity index (χ4v) is 2.75. The monoisotopic (exact) mass is 350 g/mol. The van der Waals surface area contributed by atoms with E-state index in [9.17, 15) is 4.79 Å². The lowest BCUT2D eigenvalue weighted by atomic mass is 10.1. The number of hydrogen-bond donors (Lipinski definition) is 2. The van der Waals surface area contributed by atoms with E-state index < -0.39 is 0 Å². The van der Waals surface area contributed by atoms with Gasteiger partial charge in [0.15, 0.2) is 5.58 Å². The number of oxazole rings is 1. The molecule has 3 N–H and O–H groups in total. The first-order valence-electron chi connectivity index (χ1n) is 8.59. The van der Waals surface area contributed by atoms with Crippen LogP contribution in [0.25, 0.3) is 22.6 Å². The van der Waals surface area contributed by atoms with Crippen LogP contribution >= 0.6 is 0 Å². The number of carbonyl (C=O) groups excluding carboxylic acids is 1. The van der Waals surface area contributed by atoms with Crippen molar-refractivity contribution in [1.29, 1.82) is 0 Å². The minimum Gasteiger partial charge on any atom is -0.436 e. The van der Waals surface area contributed by atoms with Crippen molar-refractivity contribution < 1.29 is 9.21 Å². The second-order valence-corrected chi connectivity index (χ2v) is 6.06. The lowest BCUT2D eigenvalue weighted by molar-refractivity contribution is 0.0939. The maximum absolute atomic E-state index is 12.8. The van der Waals surface area contributed by atoms with Gasteiger partial charge in [-0.3, -0.25) is 4.79 Å². The first-order valence-corrected chi connectivity index (χ1v) is 8.59. The summed E-state index contributed by atoms with van der Waals surface area (Å²) in [6.07, 6.45) is 3.28. The zero-order chi connectivity index (χ0) is 18.5. The molecule has 0 aliphatic rings. The molecule has 0 spiro atoms. The summed E-state index contributed by atoms with van der Waals surface area (Å²) in [6.45, 7) is 2.02. The van der Waals surface area contributed by atoms with Crippen molar-refractivity contribution in [2.75, 3.05) is 12.8 Å². The number of hydrogen-bond acceptors (Lipinski definition) is 5. The zero-order valence-corrected chi connectivity index (χ0v) is 14.9. The number of amides is 1. The van der Waals surface area contributed by atoms with Gasteiger partial charge in [0.25, 0.3) is 5.91 Å². The number of rotatable bonds is 6. The molecule has 0 aliphatic carbocycles. The van der Waals surface area contributed by atoms with Gasteiger partial charge in [-0.1, -0.05) is 25.1 Å². The summed E-state index contributed by atoms with van der Waals surface area (Å²) < 4.78 is 5.83. The predicted octanol–water partition coefficient (Wildman–Crippen LogP) is 3.68. The van der Waals surface area contributed by atoms with E-state index in [1.165, 1.54) is 0 Å². The number of fused-ring (bicyclic) bond motifs is 1. The minimum atomic E-state index is -0.216. The third-order valence-electron chi connectivity index (χ3n) is 4.18. The molecule has 3 aromatic rings. The van der Waals surface area contributed by atoms with Gasteiger partial charge in [-0.05, 0) is 24.6 Å². The standard InChI is InChI=1S/C20H22N4O2/c1-3-15(9-10-22-2)23-19(25)16-11-14(21)12-17-18(16)24-20(26-17)13-7-5-4-6-8-13/h4-8,10-12,15H,3,9,21H2,1-2H3,(H,23,25). The Balaban J connectivity index is 1.97. The Kier molecular flexibility index (Phi) is 5.31. The summed E-state index contributed by atoms with van der Waals surface area (Å²) in [6, 6.07) is 12.9. The second-order valence-electron chi connectivity index (χ2n) is 6.06. The number of aliphatic imine (C=N–C) groups is 1. The van der Waals surface area contributed by atoms with Gasteiger partial charge in [0, 0.05) is 43.0 Å². The fraction of sp³-hybridized carbons (Fsp3) is 0.250. The molecule has 1 heterocycles. The van der Waals surface area contributed by atoms with Crippen molar-refractivity contribution in [2.45, 2.75) is 25.8 Å². The van der Waals surface area contributed by atoms with Crippen LogP contribution in [0.2, 0.25) is 0 Å². The molecular formula is C20H22N4O2. The molecule has 134 valence electrons. The summed E-state index contributed by atoms with van der Waals surface area (Å²) >= 11 is 0. The highest BCUT2D eigenvalue weighted by molar-refractivity contribution is 6.06. The smallest absolute Gasteiger partial charge is 0.253 e. The van der Waals surface area contributed by atoms with Crippen molar-refractivity contribution in [1.82, 2.24) is 10.3 Å². The van der Waals surface area contributed by atoms with E-state index in [2.05, 4.69) is 15.3 Å². The van der Waals surface area contributed by atoms with E-state index in [1.807, 2.05) is 37.3 Å². The Morgan fingerprint density at radius 3 is 2.81 bits per heavy atom. The van der Waals surface area contributed by atoms with E-state index in [1.54, 1.807) is 25.4 Å². The van der Waals surface area contributed by atoms with Crippen molar-refractivity contribution in [3.8, 4) is 11.5 Å². The molecule has 2 aromatic carbocycles. The summed E-state index contributed by atoms with van der Waals surface area (Å²) in [4.78, 5) is 21.3. The van der Waals surface area contributed by atoms with E-state index in [-0.39, 0.29) is 11.9 Å². The number of aromatic nitrogens is 1. The van der Waals surface area contributed by atoms with Crippen LogP contribution in [0.1, 0.15) is 30.1 Å². The van der Waals surface area contributed by atoms with Gasteiger partial charge in [0.1, 0.15) is 5.52 Å². The normalized spacial score (nSPS) is 12.5. The van der Waals surface area contributed by atoms with Gasteiger partial charge >= 0.3 is 0 Å². The van der Waals surface area contributed by atoms with Crippen LogP contribution in [0, 0.1) is 0 Å². The molecule has 0 bridgehead atoms. The molecule has 1 unspecified atom stereocenters. The van der Waals surface area contributed by atoms with Crippen molar-refractivity contribution >= 4 is 28.9 Å². The SMILES string of the molecule is CCC(CC=NC)NC(=O)c1cc(N)cc2oc(-c3ccccc3)nc12. The van der Waals surface area contributed by atoms with Gasteiger partial charge in [0.2, 0.25) is 5.89 Å². The zero-order valence-electron chi connectivity index (χ0n) is 14.9. The van der Waals surface area contributed by atoms with Crippen LogP contribution in [0.5, 0.6) is 0 Å². The predicted molar refractivity (Wildman–Crippen MR) is 104 cm³/mol. The van der Waals surface area contributed by atoms with Crippen molar-refractivity contribution in [3.63, 3.8) is 0 Å². The highest BCUT2D eigenvalue weighted by Gasteiger charge is 2.19. The number of anilines is 1. The van der Waals surface area contributed by atoms with Crippen molar-refractivity contribution in [3.05, 3.63) is 48.0 Å². The second kappa shape index (κ2) is 7.82.